The second-order valence-electron chi connectivity index (χ2n) is 7.98. The van der Waals surface area contributed by atoms with Crippen LogP contribution in [0.5, 0.6) is 5.88 Å². The number of ether oxygens (including phenoxy) is 2. The van der Waals surface area contributed by atoms with Crippen molar-refractivity contribution < 1.29 is 22.7 Å². The summed E-state index contributed by atoms with van der Waals surface area (Å²) in [5.41, 5.74) is 2.23. The maximum Gasteiger partial charge on any atom is 0.217 e. The summed E-state index contributed by atoms with van der Waals surface area (Å²) in [5, 5.41) is 3.33. The van der Waals surface area contributed by atoms with Gasteiger partial charge in [0.2, 0.25) is 15.9 Å². The lowest BCUT2D eigenvalue weighted by atomic mass is 9.81. The fraction of sp³-hybridized carbons (Fsp3) is 0.700. The first-order valence-electron chi connectivity index (χ1n) is 10.2. The Bertz CT molecular complexity index is 793. The topological polar surface area (TPSA) is 107 Å². The van der Waals surface area contributed by atoms with Gasteiger partial charge in [0.05, 0.1) is 19.0 Å². The standard InChI is InChI=1S/C20H31N3O5S/c1-14-7-9-22-20(27-12-11-24)19(14)15-3-5-16(6-4-15)28-13-18-17(8-10-21-18)23-29(2,25)26/h7,9,11,15-18,21,23H,3-6,8,10,12-13H2,1-2H3/t15?,16?,17-,18-/m0/s1. The molecule has 1 aliphatic carbocycles. The molecule has 1 saturated heterocycles. The van der Waals surface area contributed by atoms with Crippen molar-refractivity contribution in [2.45, 2.75) is 63.1 Å². The van der Waals surface area contributed by atoms with E-state index in [0.29, 0.717) is 18.4 Å². The average molecular weight is 426 g/mol. The van der Waals surface area contributed by atoms with Crippen LogP contribution >= 0.6 is 0 Å². The molecule has 29 heavy (non-hydrogen) atoms. The van der Waals surface area contributed by atoms with Crippen LogP contribution in [0, 0.1) is 6.92 Å². The second kappa shape index (κ2) is 9.97. The molecule has 1 aromatic heterocycles. The number of aryl methyl sites for hydroxylation is 1. The SMILES string of the molecule is Cc1ccnc(OCC=O)c1C1CCC(OC[C@@H]2NCC[C@@H]2NS(C)(=O)=O)CC1. The van der Waals surface area contributed by atoms with Crippen molar-refractivity contribution in [2.75, 3.05) is 26.0 Å². The maximum atomic E-state index is 11.5. The first-order chi connectivity index (χ1) is 13.9. The molecule has 1 aliphatic heterocycles. The molecule has 2 N–H and O–H groups in total. The normalized spacial score (nSPS) is 27.7. The molecule has 0 spiro atoms. The molecule has 1 saturated carbocycles. The first-order valence-corrected chi connectivity index (χ1v) is 12.1. The number of nitrogens with one attached hydrogen (secondary N) is 2. The molecule has 2 atom stereocenters. The van der Waals surface area contributed by atoms with Gasteiger partial charge in [0, 0.05) is 23.8 Å². The molecule has 1 aromatic rings. The van der Waals surface area contributed by atoms with Gasteiger partial charge in [0.15, 0.2) is 6.29 Å². The van der Waals surface area contributed by atoms with Crippen LogP contribution in [-0.2, 0) is 19.6 Å². The number of rotatable bonds is 9. The zero-order chi connectivity index (χ0) is 20.9. The molecule has 3 rings (SSSR count). The summed E-state index contributed by atoms with van der Waals surface area (Å²) in [6.45, 7) is 3.35. The third kappa shape index (κ3) is 6.21. The van der Waals surface area contributed by atoms with Gasteiger partial charge < -0.3 is 14.8 Å². The van der Waals surface area contributed by atoms with E-state index in [2.05, 4.69) is 15.0 Å². The Morgan fingerprint density at radius 3 is 2.72 bits per heavy atom. The molecule has 0 aromatic carbocycles. The van der Waals surface area contributed by atoms with Crippen LogP contribution < -0.4 is 14.8 Å². The van der Waals surface area contributed by atoms with Crippen molar-refractivity contribution in [3.05, 3.63) is 23.4 Å². The zero-order valence-electron chi connectivity index (χ0n) is 17.1. The van der Waals surface area contributed by atoms with Crippen LogP contribution in [0.4, 0.5) is 0 Å². The van der Waals surface area contributed by atoms with Crippen LogP contribution in [0.25, 0.3) is 0 Å². The van der Waals surface area contributed by atoms with E-state index in [9.17, 15) is 13.2 Å². The molecular weight excluding hydrogens is 394 g/mol. The lowest BCUT2D eigenvalue weighted by Crippen LogP contribution is -2.46. The van der Waals surface area contributed by atoms with E-state index in [1.54, 1.807) is 6.20 Å². The van der Waals surface area contributed by atoms with E-state index in [0.717, 1.165) is 56.1 Å². The highest BCUT2D eigenvalue weighted by atomic mass is 32.2. The minimum atomic E-state index is -3.22. The van der Waals surface area contributed by atoms with Crippen molar-refractivity contribution in [1.82, 2.24) is 15.0 Å². The van der Waals surface area contributed by atoms with Gasteiger partial charge >= 0.3 is 0 Å². The Labute approximate surface area is 172 Å². The summed E-state index contributed by atoms with van der Waals surface area (Å²) >= 11 is 0. The van der Waals surface area contributed by atoms with Gasteiger partial charge in [-0.25, -0.2) is 18.1 Å². The van der Waals surface area contributed by atoms with Gasteiger partial charge in [-0.1, -0.05) is 0 Å². The van der Waals surface area contributed by atoms with Crippen LogP contribution in [-0.4, -0.2) is 63.9 Å². The third-order valence-electron chi connectivity index (χ3n) is 5.77. The Kier molecular flexibility index (Phi) is 7.61. The number of hydrogen-bond acceptors (Lipinski definition) is 7. The number of aromatic nitrogens is 1. The van der Waals surface area contributed by atoms with E-state index in [1.165, 1.54) is 6.26 Å². The quantitative estimate of drug-likeness (QED) is 0.574. The predicted molar refractivity (Wildman–Crippen MR) is 110 cm³/mol. The highest BCUT2D eigenvalue weighted by molar-refractivity contribution is 7.88. The number of sulfonamides is 1. The third-order valence-corrected chi connectivity index (χ3v) is 6.50. The Hall–Kier alpha value is -1.55. The lowest BCUT2D eigenvalue weighted by molar-refractivity contribution is -0.109. The van der Waals surface area contributed by atoms with E-state index in [1.807, 2.05) is 13.0 Å². The van der Waals surface area contributed by atoms with Crippen LogP contribution in [0.2, 0.25) is 0 Å². The maximum absolute atomic E-state index is 11.5. The van der Waals surface area contributed by atoms with Gasteiger partial charge in [-0.2, -0.15) is 0 Å². The molecule has 9 heteroatoms. The monoisotopic (exact) mass is 425 g/mol. The molecule has 0 radical (unpaired) electrons. The molecular formula is C20H31N3O5S. The molecule has 2 aliphatic rings. The summed E-state index contributed by atoms with van der Waals surface area (Å²) < 4.78 is 37.4. The molecule has 162 valence electrons. The Morgan fingerprint density at radius 1 is 1.28 bits per heavy atom. The Morgan fingerprint density at radius 2 is 2.03 bits per heavy atom. The number of carbonyl (C=O) groups is 1. The van der Waals surface area contributed by atoms with Gasteiger partial charge in [-0.05, 0) is 63.1 Å². The summed E-state index contributed by atoms with van der Waals surface area (Å²) in [7, 11) is -3.22. The second-order valence-corrected chi connectivity index (χ2v) is 9.76. The highest BCUT2D eigenvalue weighted by Crippen LogP contribution is 2.39. The first kappa shape index (κ1) is 22.1. The molecule has 0 unspecified atom stereocenters. The van der Waals surface area contributed by atoms with Gasteiger partial charge in [0.25, 0.3) is 0 Å². The lowest BCUT2D eigenvalue weighted by Gasteiger charge is -2.31. The highest BCUT2D eigenvalue weighted by Gasteiger charge is 2.31. The van der Waals surface area contributed by atoms with Gasteiger partial charge in [-0.3, -0.25) is 4.79 Å². The molecule has 0 amide bonds. The minimum Gasteiger partial charge on any atom is -0.470 e. The Balaban J connectivity index is 1.52. The van der Waals surface area contributed by atoms with Crippen molar-refractivity contribution in [1.29, 1.82) is 0 Å². The average Bonchev–Trinajstić information content (AvgIpc) is 3.10. The predicted octanol–water partition coefficient (Wildman–Crippen LogP) is 1.29. The molecule has 8 nitrogen and oxygen atoms in total. The van der Waals surface area contributed by atoms with E-state index < -0.39 is 10.0 Å². The van der Waals surface area contributed by atoms with Gasteiger partial charge in [0.1, 0.15) is 6.61 Å². The largest absolute Gasteiger partial charge is 0.470 e. The molecule has 0 bridgehead atoms. The van der Waals surface area contributed by atoms with E-state index in [4.69, 9.17) is 9.47 Å². The van der Waals surface area contributed by atoms with Crippen molar-refractivity contribution >= 4 is 16.3 Å². The number of carbonyl (C=O) groups excluding carboxylic acids is 1. The van der Waals surface area contributed by atoms with E-state index in [-0.39, 0.29) is 24.8 Å². The van der Waals surface area contributed by atoms with Crippen LogP contribution in [0.1, 0.15) is 49.1 Å². The van der Waals surface area contributed by atoms with Crippen LogP contribution in [0.15, 0.2) is 12.3 Å². The summed E-state index contributed by atoms with van der Waals surface area (Å²) in [6.07, 6.45) is 8.39. The number of pyridine rings is 1. The summed E-state index contributed by atoms with van der Waals surface area (Å²) in [6, 6.07) is 1.87. The zero-order valence-corrected chi connectivity index (χ0v) is 17.9. The van der Waals surface area contributed by atoms with E-state index >= 15 is 0 Å². The van der Waals surface area contributed by atoms with Crippen molar-refractivity contribution in [2.24, 2.45) is 0 Å². The smallest absolute Gasteiger partial charge is 0.217 e. The fourth-order valence-electron chi connectivity index (χ4n) is 4.39. The van der Waals surface area contributed by atoms with Crippen molar-refractivity contribution in [3.8, 4) is 5.88 Å². The summed E-state index contributed by atoms with van der Waals surface area (Å²) in [4.78, 5) is 15.0. The number of nitrogens with zero attached hydrogens (tertiary/aromatic N) is 1. The number of hydrogen-bond donors (Lipinski definition) is 2. The fourth-order valence-corrected chi connectivity index (χ4v) is 5.22. The minimum absolute atomic E-state index is 0.00589. The number of aldehydes is 1. The van der Waals surface area contributed by atoms with Crippen molar-refractivity contribution in [3.63, 3.8) is 0 Å². The summed E-state index contributed by atoms with van der Waals surface area (Å²) in [5.74, 6) is 0.903. The van der Waals surface area contributed by atoms with Crippen LogP contribution in [0.3, 0.4) is 0 Å². The van der Waals surface area contributed by atoms with Gasteiger partial charge in [-0.15, -0.1) is 0 Å². The molecule has 2 fully saturated rings. The molecule has 2 heterocycles.